The van der Waals surface area contributed by atoms with E-state index in [2.05, 4.69) is 5.32 Å². The summed E-state index contributed by atoms with van der Waals surface area (Å²) < 4.78 is 5.34. The van der Waals surface area contributed by atoms with Crippen molar-refractivity contribution in [2.45, 2.75) is 0 Å². The van der Waals surface area contributed by atoms with Gasteiger partial charge in [-0.05, 0) is 18.2 Å². The van der Waals surface area contributed by atoms with Gasteiger partial charge in [0.2, 0.25) is 5.91 Å². The zero-order valence-electron chi connectivity index (χ0n) is 7.45. The summed E-state index contributed by atoms with van der Waals surface area (Å²) in [4.78, 5) is 10.8. The maximum absolute atomic E-state index is 10.8. The van der Waals surface area contributed by atoms with E-state index in [0.717, 1.165) is 18.0 Å². The summed E-state index contributed by atoms with van der Waals surface area (Å²) in [6, 6.07) is 5.12. The van der Waals surface area contributed by atoms with Crippen LogP contribution in [0.25, 0.3) is 0 Å². The van der Waals surface area contributed by atoms with Crippen LogP contribution in [0.3, 0.4) is 0 Å². The van der Waals surface area contributed by atoms with Crippen molar-refractivity contribution < 1.29 is 9.53 Å². The third kappa shape index (κ3) is 1.90. The van der Waals surface area contributed by atoms with Crippen LogP contribution in [0.1, 0.15) is 10.4 Å². The molecule has 0 saturated carbocycles. The number of anilines is 1. The molecule has 3 N–H and O–H groups in total. The fraction of sp³-hybridized carbons (Fsp3) is 0.222. The zero-order valence-corrected chi connectivity index (χ0v) is 8.26. The smallest absolute Gasteiger partial charge is 0.248 e. The molecule has 0 atom stereocenters. The van der Waals surface area contributed by atoms with E-state index in [9.17, 15) is 4.79 Å². The first kappa shape index (κ1) is 10.7. The van der Waals surface area contributed by atoms with E-state index < -0.39 is 5.91 Å². The number of rotatable bonds is 1. The Kier molecular flexibility index (Phi) is 3.19. The van der Waals surface area contributed by atoms with Gasteiger partial charge in [0.25, 0.3) is 0 Å². The standard InChI is InChI=1S/C9H10N2O2.ClH/c10-9(12)6-1-2-8-7(5-6)11-3-4-13-8;/h1-2,5,11H,3-4H2,(H2,10,12);1H. The minimum atomic E-state index is -0.421. The molecule has 0 unspecified atom stereocenters. The molecular formula is C9H11ClN2O2. The first-order valence-corrected chi connectivity index (χ1v) is 4.08. The largest absolute Gasteiger partial charge is 0.490 e. The van der Waals surface area contributed by atoms with E-state index in [-0.39, 0.29) is 12.4 Å². The topological polar surface area (TPSA) is 64.4 Å². The van der Waals surface area contributed by atoms with E-state index in [1.54, 1.807) is 18.2 Å². The van der Waals surface area contributed by atoms with Crippen LogP contribution < -0.4 is 15.8 Å². The van der Waals surface area contributed by atoms with Crippen LogP contribution in [0.4, 0.5) is 5.69 Å². The normalized spacial score (nSPS) is 12.9. The Bertz CT molecular complexity index is 355. The van der Waals surface area contributed by atoms with Gasteiger partial charge >= 0.3 is 0 Å². The number of carbonyl (C=O) groups is 1. The Morgan fingerprint density at radius 1 is 1.50 bits per heavy atom. The predicted molar refractivity (Wildman–Crippen MR) is 56.2 cm³/mol. The van der Waals surface area contributed by atoms with Gasteiger partial charge in [0, 0.05) is 12.1 Å². The molecule has 1 amide bonds. The van der Waals surface area contributed by atoms with Crippen molar-refractivity contribution in [2.24, 2.45) is 5.73 Å². The third-order valence-corrected chi connectivity index (χ3v) is 1.94. The van der Waals surface area contributed by atoms with Gasteiger partial charge in [-0.15, -0.1) is 12.4 Å². The van der Waals surface area contributed by atoms with Gasteiger partial charge in [0.1, 0.15) is 12.4 Å². The highest BCUT2D eigenvalue weighted by Gasteiger charge is 2.11. The molecule has 1 aromatic carbocycles. The lowest BCUT2D eigenvalue weighted by atomic mass is 10.1. The van der Waals surface area contributed by atoms with E-state index >= 15 is 0 Å². The fourth-order valence-electron chi connectivity index (χ4n) is 1.29. The highest BCUT2D eigenvalue weighted by Crippen LogP contribution is 2.27. The highest BCUT2D eigenvalue weighted by molar-refractivity contribution is 5.94. The molecule has 2 rings (SSSR count). The number of hydrogen-bond acceptors (Lipinski definition) is 3. The van der Waals surface area contributed by atoms with Crippen molar-refractivity contribution in [1.29, 1.82) is 0 Å². The minimum absolute atomic E-state index is 0. The van der Waals surface area contributed by atoms with Gasteiger partial charge in [-0.3, -0.25) is 4.79 Å². The maximum atomic E-state index is 10.8. The number of amides is 1. The average Bonchev–Trinajstić information content (AvgIpc) is 2.17. The molecule has 0 spiro atoms. The Balaban J connectivity index is 0.000000980. The molecule has 4 nitrogen and oxygen atoms in total. The molecule has 1 heterocycles. The SMILES string of the molecule is Cl.NC(=O)c1ccc2c(c1)NCCO2. The van der Waals surface area contributed by atoms with Gasteiger partial charge in [-0.1, -0.05) is 0 Å². The number of hydrogen-bond donors (Lipinski definition) is 2. The Morgan fingerprint density at radius 3 is 3.00 bits per heavy atom. The summed E-state index contributed by atoms with van der Waals surface area (Å²) in [7, 11) is 0. The number of fused-ring (bicyclic) bond motifs is 1. The Morgan fingerprint density at radius 2 is 2.29 bits per heavy atom. The van der Waals surface area contributed by atoms with Crippen LogP contribution in [0.15, 0.2) is 18.2 Å². The van der Waals surface area contributed by atoms with Gasteiger partial charge in [-0.2, -0.15) is 0 Å². The maximum Gasteiger partial charge on any atom is 0.248 e. The number of carbonyl (C=O) groups excluding carboxylic acids is 1. The molecule has 1 aromatic rings. The molecule has 14 heavy (non-hydrogen) atoms. The first-order chi connectivity index (χ1) is 6.27. The van der Waals surface area contributed by atoms with Gasteiger partial charge in [-0.25, -0.2) is 0 Å². The van der Waals surface area contributed by atoms with Crippen molar-refractivity contribution in [1.82, 2.24) is 0 Å². The van der Waals surface area contributed by atoms with Crippen molar-refractivity contribution in [3.8, 4) is 5.75 Å². The van der Waals surface area contributed by atoms with Crippen LogP contribution >= 0.6 is 12.4 Å². The van der Waals surface area contributed by atoms with E-state index in [1.165, 1.54) is 0 Å². The molecule has 0 saturated heterocycles. The first-order valence-electron chi connectivity index (χ1n) is 4.08. The van der Waals surface area contributed by atoms with Crippen LogP contribution in [0.2, 0.25) is 0 Å². The number of benzene rings is 1. The van der Waals surface area contributed by atoms with E-state index in [4.69, 9.17) is 10.5 Å². The molecule has 0 fully saturated rings. The van der Waals surface area contributed by atoms with Crippen LogP contribution in [0, 0.1) is 0 Å². The number of ether oxygens (including phenoxy) is 1. The van der Waals surface area contributed by atoms with Crippen LogP contribution in [0.5, 0.6) is 5.75 Å². The predicted octanol–water partition coefficient (Wildman–Crippen LogP) is 1.01. The number of nitrogens with two attached hydrogens (primary N) is 1. The van der Waals surface area contributed by atoms with Gasteiger partial charge < -0.3 is 15.8 Å². The van der Waals surface area contributed by atoms with Crippen LogP contribution in [-0.2, 0) is 0 Å². The Hall–Kier alpha value is -1.42. The third-order valence-electron chi connectivity index (χ3n) is 1.94. The van der Waals surface area contributed by atoms with E-state index in [0.29, 0.717) is 12.2 Å². The summed E-state index contributed by atoms with van der Waals surface area (Å²) in [6.45, 7) is 1.41. The van der Waals surface area contributed by atoms with Gasteiger partial charge in [0.05, 0.1) is 5.69 Å². The summed E-state index contributed by atoms with van der Waals surface area (Å²) in [6.07, 6.45) is 0. The van der Waals surface area contributed by atoms with Gasteiger partial charge in [0.15, 0.2) is 0 Å². The molecule has 0 aliphatic carbocycles. The lowest BCUT2D eigenvalue weighted by molar-refractivity contribution is 0.100. The molecule has 1 aliphatic heterocycles. The van der Waals surface area contributed by atoms with Crippen LogP contribution in [-0.4, -0.2) is 19.1 Å². The number of primary amides is 1. The molecule has 1 aliphatic rings. The van der Waals surface area contributed by atoms with Crippen molar-refractivity contribution >= 4 is 24.0 Å². The van der Waals surface area contributed by atoms with Crippen molar-refractivity contribution in [3.63, 3.8) is 0 Å². The minimum Gasteiger partial charge on any atom is -0.490 e. The molecule has 0 aromatic heterocycles. The lowest BCUT2D eigenvalue weighted by Gasteiger charge is -2.19. The molecule has 76 valence electrons. The molecule has 0 radical (unpaired) electrons. The molecule has 5 heteroatoms. The monoisotopic (exact) mass is 214 g/mol. The molecule has 0 bridgehead atoms. The van der Waals surface area contributed by atoms with E-state index in [1.807, 2.05) is 0 Å². The summed E-state index contributed by atoms with van der Waals surface area (Å²) in [5.41, 5.74) is 6.47. The fourth-order valence-corrected chi connectivity index (χ4v) is 1.29. The summed E-state index contributed by atoms with van der Waals surface area (Å²) in [5, 5.41) is 3.13. The van der Waals surface area contributed by atoms with Crippen molar-refractivity contribution in [2.75, 3.05) is 18.5 Å². The quantitative estimate of drug-likeness (QED) is 0.734. The second-order valence-corrected chi connectivity index (χ2v) is 2.85. The number of halogens is 1. The Labute approximate surface area is 87.8 Å². The number of nitrogens with one attached hydrogen (secondary N) is 1. The second-order valence-electron chi connectivity index (χ2n) is 2.85. The lowest BCUT2D eigenvalue weighted by Crippen LogP contribution is -2.19. The second kappa shape index (κ2) is 4.19. The zero-order chi connectivity index (χ0) is 9.26. The average molecular weight is 215 g/mol. The highest BCUT2D eigenvalue weighted by atomic mass is 35.5. The van der Waals surface area contributed by atoms with Crippen molar-refractivity contribution in [3.05, 3.63) is 23.8 Å². The summed E-state index contributed by atoms with van der Waals surface area (Å²) in [5.74, 6) is 0.353. The molecular weight excluding hydrogens is 204 g/mol. The summed E-state index contributed by atoms with van der Waals surface area (Å²) >= 11 is 0.